The highest BCUT2D eigenvalue weighted by atomic mass is 16.5. The summed E-state index contributed by atoms with van der Waals surface area (Å²) in [5.74, 6) is 5.12. The Hall–Kier alpha value is -3.31. The van der Waals surface area contributed by atoms with Crippen molar-refractivity contribution in [2.45, 2.75) is 32.8 Å². The zero-order chi connectivity index (χ0) is 22.6. The van der Waals surface area contributed by atoms with Crippen LogP contribution < -0.4 is 5.32 Å². The van der Waals surface area contributed by atoms with E-state index in [2.05, 4.69) is 36.1 Å². The molecule has 1 fully saturated rings. The number of carbonyl (C=O) groups excluding carboxylic acids is 2. The minimum atomic E-state index is -1.65. The standard InChI is InChI=1S/C23H28N4O4/c1-5-31-21(28)20-19(24-14-16(2)3)15-27(25-20)18-8-6-7-17(13-18)9-10-23(30)11-12-26(4)22(23)29/h6-8,13,15-16,24,30H,5,11-12,14H2,1-4H3/t23-/m0/s1. The second-order valence-corrected chi connectivity index (χ2v) is 7.97. The Balaban J connectivity index is 1.90. The molecule has 1 aliphatic heterocycles. The fourth-order valence-corrected chi connectivity index (χ4v) is 3.17. The molecule has 1 atom stereocenters. The van der Waals surface area contributed by atoms with Crippen molar-refractivity contribution in [3.8, 4) is 17.5 Å². The molecule has 0 radical (unpaired) electrons. The van der Waals surface area contributed by atoms with Crippen molar-refractivity contribution in [3.63, 3.8) is 0 Å². The molecule has 1 aromatic carbocycles. The average Bonchev–Trinajstić information content (AvgIpc) is 3.29. The van der Waals surface area contributed by atoms with E-state index in [9.17, 15) is 14.7 Å². The van der Waals surface area contributed by atoms with Gasteiger partial charge in [-0.1, -0.05) is 31.8 Å². The molecule has 2 aromatic rings. The lowest BCUT2D eigenvalue weighted by molar-refractivity contribution is -0.137. The Morgan fingerprint density at radius 3 is 2.84 bits per heavy atom. The van der Waals surface area contributed by atoms with Crippen LogP contribution in [0.2, 0.25) is 0 Å². The minimum absolute atomic E-state index is 0.216. The van der Waals surface area contributed by atoms with Crippen LogP contribution in [0.3, 0.4) is 0 Å². The first-order chi connectivity index (χ1) is 14.7. The van der Waals surface area contributed by atoms with Gasteiger partial charge in [-0.05, 0) is 31.0 Å². The first-order valence-electron chi connectivity index (χ1n) is 10.4. The number of anilines is 1. The third-order valence-corrected chi connectivity index (χ3v) is 4.92. The Morgan fingerprint density at radius 2 is 2.19 bits per heavy atom. The summed E-state index contributed by atoms with van der Waals surface area (Å²) < 4.78 is 6.72. The van der Waals surface area contributed by atoms with Crippen LogP contribution in [0.1, 0.15) is 43.2 Å². The van der Waals surface area contributed by atoms with Crippen LogP contribution in [0.25, 0.3) is 5.69 Å². The number of hydrogen-bond acceptors (Lipinski definition) is 6. The Kier molecular flexibility index (Phi) is 6.66. The van der Waals surface area contributed by atoms with Crippen LogP contribution in [-0.2, 0) is 9.53 Å². The lowest BCUT2D eigenvalue weighted by Crippen LogP contribution is -2.37. The number of nitrogens with zero attached hydrogens (tertiary/aromatic N) is 3. The van der Waals surface area contributed by atoms with Crippen molar-refractivity contribution < 1.29 is 19.4 Å². The van der Waals surface area contributed by atoms with Gasteiger partial charge in [-0.2, -0.15) is 5.10 Å². The smallest absolute Gasteiger partial charge is 0.361 e. The fraction of sp³-hybridized carbons (Fsp3) is 0.435. The number of carbonyl (C=O) groups is 2. The first-order valence-corrected chi connectivity index (χ1v) is 10.4. The SMILES string of the molecule is CCOC(=O)c1nn(-c2cccc(C#C[C@]3(O)CCN(C)C3=O)c2)cc1NCC(C)C. The minimum Gasteiger partial charge on any atom is -0.461 e. The molecule has 1 amide bonds. The summed E-state index contributed by atoms with van der Waals surface area (Å²) in [4.78, 5) is 25.9. The van der Waals surface area contributed by atoms with Gasteiger partial charge < -0.3 is 20.1 Å². The summed E-state index contributed by atoms with van der Waals surface area (Å²) >= 11 is 0. The summed E-state index contributed by atoms with van der Waals surface area (Å²) in [6.07, 6.45) is 2.02. The number of esters is 1. The number of hydrogen-bond donors (Lipinski definition) is 2. The van der Waals surface area contributed by atoms with Gasteiger partial charge in [0.1, 0.15) is 0 Å². The van der Waals surface area contributed by atoms with Gasteiger partial charge in [-0.15, -0.1) is 0 Å². The lowest BCUT2D eigenvalue weighted by Gasteiger charge is -2.13. The lowest BCUT2D eigenvalue weighted by atomic mass is 10.0. The summed E-state index contributed by atoms with van der Waals surface area (Å²) in [5, 5.41) is 18.1. The monoisotopic (exact) mass is 424 g/mol. The zero-order valence-electron chi connectivity index (χ0n) is 18.3. The second-order valence-electron chi connectivity index (χ2n) is 7.97. The van der Waals surface area contributed by atoms with Gasteiger partial charge in [-0.25, -0.2) is 9.48 Å². The number of nitrogens with one attached hydrogen (secondary N) is 1. The Bertz CT molecular complexity index is 1030. The largest absolute Gasteiger partial charge is 0.461 e. The van der Waals surface area contributed by atoms with Gasteiger partial charge in [0.15, 0.2) is 5.69 Å². The molecule has 8 nitrogen and oxygen atoms in total. The van der Waals surface area contributed by atoms with Crippen molar-refractivity contribution >= 4 is 17.6 Å². The van der Waals surface area contributed by atoms with E-state index in [1.807, 2.05) is 6.07 Å². The molecule has 1 aliphatic rings. The molecule has 0 spiro atoms. The molecule has 1 aromatic heterocycles. The van der Waals surface area contributed by atoms with Crippen molar-refractivity contribution in [3.05, 3.63) is 41.7 Å². The van der Waals surface area contributed by atoms with Gasteiger partial charge in [0.2, 0.25) is 5.60 Å². The number of aliphatic hydroxyl groups is 1. The number of aromatic nitrogens is 2. The maximum absolute atomic E-state index is 12.3. The predicted molar refractivity (Wildman–Crippen MR) is 117 cm³/mol. The van der Waals surface area contributed by atoms with Crippen LogP contribution >= 0.6 is 0 Å². The number of ether oxygens (including phenoxy) is 1. The summed E-state index contributed by atoms with van der Waals surface area (Å²) in [6, 6.07) is 7.21. The Morgan fingerprint density at radius 1 is 1.42 bits per heavy atom. The molecule has 0 aliphatic carbocycles. The number of likely N-dealkylation sites (tertiary alicyclic amines) is 1. The molecule has 31 heavy (non-hydrogen) atoms. The number of likely N-dealkylation sites (N-methyl/N-ethyl adjacent to an activating group) is 1. The highest BCUT2D eigenvalue weighted by Gasteiger charge is 2.42. The van der Waals surface area contributed by atoms with Crippen LogP contribution in [0.5, 0.6) is 0 Å². The van der Waals surface area contributed by atoms with E-state index in [4.69, 9.17) is 4.74 Å². The quantitative estimate of drug-likeness (QED) is 0.544. The average molecular weight is 425 g/mol. The summed E-state index contributed by atoms with van der Waals surface area (Å²) in [6.45, 7) is 7.32. The summed E-state index contributed by atoms with van der Waals surface area (Å²) in [5.41, 5.74) is 0.474. The van der Waals surface area contributed by atoms with Crippen molar-refractivity contribution in [1.82, 2.24) is 14.7 Å². The van der Waals surface area contributed by atoms with Crippen LogP contribution in [0, 0.1) is 17.8 Å². The molecular weight excluding hydrogens is 396 g/mol. The van der Waals surface area contributed by atoms with E-state index < -0.39 is 11.6 Å². The van der Waals surface area contributed by atoms with Crippen molar-refractivity contribution in [2.24, 2.45) is 5.92 Å². The topological polar surface area (TPSA) is 96.7 Å². The van der Waals surface area contributed by atoms with E-state index >= 15 is 0 Å². The molecule has 2 heterocycles. The zero-order valence-corrected chi connectivity index (χ0v) is 18.3. The molecule has 0 bridgehead atoms. The van der Waals surface area contributed by atoms with Crippen LogP contribution in [0.4, 0.5) is 5.69 Å². The third kappa shape index (κ3) is 5.06. The number of amides is 1. The van der Waals surface area contributed by atoms with Crippen LogP contribution in [0.15, 0.2) is 30.5 Å². The van der Waals surface area contributed by atoms with E-state index in [1.54, 1.807) is 43.0 Å². The Labute approximate surface area is 182 Å². The number of benzene rings is 1. The molecule has 164 valence electrons. The van der Waals surface area contributed by atoms with Gasteiger partial charge in [-0.3, -0.25) is 4.79 Å². The highest BCUT2D eigenvalue weighted by Crippen LogP contribution is 2.22. The molecule has 0 unspecified atom stereocenters. The maximum Gasteiger partial charge on any atom is 0.361 e. The highest BCUT2D eigenvalue weighted by molar-refractivity contribution is 5.93. The molecule has 2 N–H and O–H groups in total. The number of rotatable bonds is 6. The van der Waals surface area contributed by atoms with Gasteiger partial charge in [0.05, 0.1) is 24.2 Å². The molecule has 8 heteroatoms. The summed E-state index contributed by atoms with van der Waals surface area (Å²) in [7, 11) is 1.65. The normalized spacial score (nSPS) is 18.1. The van der Waals surface area contributed by atoms with E-state index in [0.29, 0.717) is 35.9 Å². The van der Waals surface area contributed by atoms with E-state index in [0.717, 1.165) is 0 Å². The first kappa shape index (κ1) is 22.4. The van der Waals surface area contributed by atoms with Gasteiger partial charge in [0, 0.05) is 32.1 Å². The van der Waals surface area contributed by atoms with E-state index in [1.165, 1.54) is 4.90 Å². The van der Waals surface area contributed by atoms with Crippen LogP contribution in [-0.4, -0.2) is 64.0 Å². The molecule has 0 saturated carbocycles. The molecule has 3 rings (SSSR count). The van der Waals surface area contributed by atoms with Crippen molar-refractivity contribution in [1.29, 1.82) is 0 Å². The predicted octanol–water partition coefficient (Wildman–Crippen LogP) is 2.06. The second kappa shape index (κ2) is 9.23. The van der Waals surface area contributed by atoms with Gasteiger partial charge >= 0.3 is 5.97 Å². The molecule has 1 saturated heterocycles. The fourth-order valence-electron chi connectivity index (χ4n) is 3.17. The van der Waals surface area contributed by atoms with E-state index in [-0.39, 0.29) is 24.6 Å². The van der Waals surface area contributed by atoms with Gasteiger partial charge in [0.25, 0.3) is 5.91 Å². The molecular formula is C23H28N4O4. The van der Waals surface area contributed by atoms with Crippen molar-refractivity contribution in [2.75, 3.05) is 32.1 Å². The maximum atomic E-state index is 12.3. The third-order valence-electron chi connectivity index (χ3n) is 4.92.